The number of hydrogen-bond donors (Lipinski definition) is 3. The van der Waals surface area contributed by atoms with Gasteiger partial charge < -0.3 is 46.2 Å². The van der Waals surface area contributed by atoms with Crippen LogP contribution in [0, 0.1) is 5.92 Å². The summed E-state index contributed by atoms with van der Waals surface area (Å²) >= 11 is 5.04. The van der Waals surface area contributed by atoms with E-state index in [0.29, 0.717) is 49.6 Å². The highest BCUT2D eigenvalue weighted by molar-refractivity contribution is 8.00. The summed E-state index contributed by atoms with van der Waals surface area (Å²) < 4.78 is 41.8. The molecule has 0 aliphatic rings. The summed E-state index contributed by atoms with van der Waals surface area (Å²) in [6, 6.07) is 1.22. The van der Waals surface area contributed by atoms with Crippen molar-refractivity contribution in [2.45, 2.75) is 44.0 Å². The number of thioether (sulfide) groups is 1. The van der Waals surface area contributed by atoms with E-state index in [0.717, 1.165) is 0 Å². The number of aliphatic hydroxyl groups is 2. The summed E-state index contributed by atoms with van der Waals surface area (Å²) in [6.07, 6.45) is 2.84. The average Bonchev–Trinajstić information content (AvgIpc) is 3.00. The highest BCUT2D eigenvalue weighted by Gasteiger charge is 2.37. The molecule has 0 saturated carbocycles. The largest absolute Gasteiger partial charge is 0.500 e. The Morgan fingerprint density at radius 1 is 0.800 bits per heavy atom. The van der Waals surface area contributed by atoms with Gasteiger partial charge in [-0.2, -0.15) is 12.6 Å². The molecule has 240 valence electrons. The number of carbonyl (C=O) groups excluding carboxylic acids is 2. The fourth-order valence-corrected chi connectivity index (χ4v) is 6.72. The maximum absolute atomic E-state index is 11.6. The van der Waals surface area contributed by atoms with Crippen molar-refractivity contribution in [3.05, 3.63) is 12.7 Å². The van der Waals surface area contributed by atoms with Gasteiger partial charge in [0.2, 0.25) is 0 Å². The predicted octanol–water partition coefficient (Wildman–Crippen LogP) is 2.44. The van der Waals surface area contributed by atoms with Crippen LogP contribution in [-0.4, -0.2) is 126 Å². The van der Waals surface area contributed by atoms with Crippen LogP contribution in [0.3, 0.4) is 0 Å². The number of esters is 2. The molecule has 0 heterocycles. The number of hydrogen-bond acceptors (Lipinski definition) is 14. The molecule has 0 aromatic rings. The third-order valence-corrected chi connectivity index (χ3v) is 12.2. The van der Waals surface area contributed by atoms with E-state index in [-0.39, 0.29) is 36.3 Å². The molecule has 0 aliphatic heterocycles. The van der Waals surface area contributed by atoms with Crippen LogP contribution in [0.5, 0.6) is 0 Å². The van der Waals surface area contributed by atoms with Crippen molar-refractivity contribution >= 4 is 53.9 Å². The maximum Gasteiger partial charge on any atom is 0.500 e. The highest BCUT2D eigenvalue weighted by Crippen LogP contribution is 2.17. The lowest BCUT2D eigenvalue weighted by atomic mass is 10.2. The Bertz CT molecular complexity index is 608. The zero-order chi connectivity index (χ0) is 31.5. The molecule has 2 N–H and O–H groups in total. The second-order valence-corrected chi connectivity index (χ2v) is 15.9. The Hall–Kier alpha value is -0.506. The molecule has 40 heavy (non-hydrogen) atoms. The molecular formula is C24H52O12S2Si2. The second-order valence-electron chi connectivity index (χ2n) is 7.84. The van der Waals surface area contributed by atoms with Gasteiger partial charge in [-0.3, -0.25) is 9.59 Å². The minimum Gasteiger partial charge on any atom is -0.465 e. The second kappa shape index (κ2) is 28.6. The van der Waals surface area contributed by atoms with Gasteiger partial charge in [0.25, 0.3) is 0 Å². The first-order valence-electron chi connectivity index (χ1n) is 12.7. The zero-order valence-corrected chi connectivity index (χ0v) is 29.1. The predicted molar refractivity (Wildman–Crippen MR) is 164 cm³/mol. The zero-order valence-electron chi connectivity index (χ0n) is 25.3. The molecule has 0 bridgehead atoms. The molecule has 0 aromatic heterocycles. The Morgan fingerprint density at radius 2 is 1.18 bits per heavy atom. The third-order valence-electron chi connectivity index (χ3n) is 5.23. The number of carbonyl (C=O) groups is 2. The highest BCUT2D eigenvalue weighted by atomic mass is 32.2. The molecule has 0 rings (SSSR count). The van der Waals surface area contributed by atoms with E-state index in [1.54, 1.807) is 62.6 Å². The monoisotopic (exact) mass is 652 g/mol. The van der Waals surface area contributed by atoms with E-state index in [2.05, 4.69) is 19.2 Å². The molecule has 0 aliphatic carbocycles. The summed E-state index contributed by atoms with van der Waals surface area (Å²) in [7, 11) is 4.24. The van der Waals surface area contributed by atoms with Gasteiger partial charge in [0.15, 0.2) is 0 Å². The van der Waals surface area contributed by atoms with E-state index in [4.69, 9.17) is 46.2 Å². The molecule has 12 nitrogen and oxygen atoms in total. The molecule has 0 spiro atoms. The van der Waals surface area contributed by atoms with E-state index in [1.165, 1.54) is 11.8 Å². The fourth-order valence-electron chi connectivity index (χ4n) is 2.68. The Labute approximate surface area is 252 Å². The van der Waals surface area contributed by atoms with Crippen LogP contribution in [0.15, 0.2) is 12.7 Å². The number of aliphatic hydroxyl groups excluding tert-OH is 2. The number of thiol groups is 1. The van der Waals surface area contributed by atoms with Crippen LogP contribution >= 0.6 is 24.4 Å². The van der Waals surface area contributed by atoms with Gasteiger partial charge in [-0.15, -0.1) is 18.3 Å². The van der Waals surface area contributed by atoms with Crippen molar-refractivity contribution in [2.24, 2.45) is 5.92 Å². The molecule has 0 radical (unpaired) electrons. The van der Waals surface area contributed by atoms with Crippen molar-refractivity contribution in [1.29, 1.82) is 0 Å². The summed E-state index contributed by atoms with van der Waals surface area (Å²) in [4.78, 5) is 22.9. The van der Waals surface area contributed by atoms with E-state index in [9.17, 15) is 9.59 Å². The first kappa shape index (κ1) is 43.9. The van der Waals surface area contributed by atoms with E-state index < -0.39 is 17.6 Å². The summed E-state index contributed by atoms with van der Waals surface area (Å²) in [6.45, 7) is 7.94. The fraction of sp³-hybridized carbons (Fsp3) is 0.833. The standard InChI is InChI=1S/C11H24O6SSi.C11H22O5Si.C2H6OS/c1-10(18-8-6-12)11(13)17-7-5-9-19(14-2,15-3)16-4;1-6-10(2)11(12)16-8-7-9-17(13-3,14-4)15-5;3-1-2-4/h10,12H,5-9H2,1-4H3;6,10H,1,7-9H2,2-5H3;3-4H,1-2H2. The average molecular weight is 653 g/mol. The van der Waals surface area contributed by atoms with Crippen LogP contribution in [-0.2, 0) is 45.6 Å². The van der Waals surface area contributed by atoms with Crippen molar-refractivity contribution in [3.8, 4) is 0 Å². The molecule has 0 fully saturated rings. The molecule has 0 aromatic carbocycles. The minimum absolute atomic E-state index is 0.0614. The molecule has 0 amide bonds. The number of rotatable bonds is 21. The maximum atomic E-state index is 11.6. The lowest BCUT2D eigenvalue weighted by Crippen LogP contribution is -2.42. The van der Waals surface area contributed by atoms with Crippen molar-refractivity contribution in [1.82, 2.24) is 0 Å². The van der Waals surface area contributed by atoms with Gasteiger partial charge in [-0.05, 0) is 26.7 Å². The third kappa shape index (κ3) is 21.2. The summed E-state index contributed by atoms with van der Waals surface area (Å²) in [5, 5.41) is 16.2. The smallest absolute Gasteiger partial charge is 0.465 e. The molecule has 2 atom stereocenters. The van der Waals surface area contributed by atoms with Crippen molar-refractivity contribution < 1.29 is 55.8 Å². The van der Waals surface area contributed by atoms with Crippen LogP contribution in [0.4, 0.5) is 0 Å². The van der Waals surface area contributed by atoms with Gasteiger partial charge in [0, 0.05) is 66.3 Å². The molecule has 2 unspecified atom stereocenters. The van der Waals surface area contributed by atoms with Crippen LogP contribution < -0.4 is 0 Å². The first-order chi connectivity index (χ1) is 19.0. The normalized spacial score (nSPS) is 12.7. The Kier molecular flexibility index (Phi) is 31.4. The Morgan fingerprint density at radius 3 is 1.48 bits per heavy atom. The van der Waals surface area contributed by atoms with Crippen molar-refractivity contribution in [2.75, 3.05) is 80.6 Å². The number of ether oxygens (including phenoxy) is 2. The molecular weight excluding hydrogens is 601 g/mol. The van der Waals surface area contributed by atoms with Crippen molar-refractivity contribution in [3.63, 3.8) is 0 Å². The minimum atomic E-state index is -2.57. The molecule has 0 saturated heterocycles. The lowest BCUT2D eigenvalue weighted by Gasteiger charge is -2.24. The van der Waals surface area contributed by atoms with Gasteiger partial charge >= 0.3 is 29.5 Å². The van der Waals surface area contributed by atoms with E-state index >= 15 is 0 Å². The Balaban J connectivity index is -0.000000605. The van der Waals surface area contributed by atoms with Gasteiger partial charge in [-0.25, -0.2) is 0 Å². The van der Waals surface area contributed by atoms with E-state index in [1.807, 2.05) is 0 Å². The van der Waals surface area contributed by atoms with Crippen LogP contribution in [0.2, 0.25) is 12.1 Å². The SMILES string of the molecule is C=CC(C)C(=O)OCCC[Si](OC)(OC)OC.CO[Si](CCCOC(=O)C(C)SCCO)(OC)OC.OCCS. The van der Waals surface area contributed by atoms with Gasteiger partial charge in [0.05, 0.1) is 37.6 Å². The van der Waals surface area contributed by atoms with Crippen LogP contribution in [0.25, 0.3) is 0 Å². The summed E-state index contributed by atoms with van der Waals surface area (Å²) in [5.74, 6) is 0.297. The molecule has 16 heteroatoms. The topological polar surface area (TPSA) is 148 Å². The lowest BCUT2D eigenvalue weighted by molar-refractivity contribution is -0.146. The summed E-state index contributed by atoms with van der Waals surface area (Å²) in [5.41, 5.74) is 0. The van der Waals surface area contributed by atoms with Crippen LogP contribution in [0.1, 0.15) is 26.7 Å². The van der Waals surface area contributed by atoms with Gasteiger partial charge in [-0.1, -0.05) is 6.08 Å². The quantitative estimate of drug-likeness (QED) is 0.0549. The first-order valence-corrected chi connectivity index (χ1v) is 18.3. The van der Waals surface area contributed by atoms with Gasteiger partial charge in [0.1, 0.15) is 0 Å².